The van der Waals surface area contributed by atoms with Crippen LogP contribution in [0.15, 0.2) is 24.3 Å². The minimum Gasteiger partial charge on any atom is -0.349 e. The molecule has 0 spiro atoms. The van der Waals surface area contributed by atoms with Crippen LogP contribution in [0.2, 0.25) is 0 Å². The zero-order valence-corrected chi connectivity index (χ0v) is 17.4. The van der Waals surface area contributed by atoms with Crippen LogP contribution < -0.4 is 10.6 Å². The van der Waals surface area contributed by atoms with Crippen LogP contribution in [-0.4, -0.2) is 41.8 Å². The second-order valence-electron chi connectivity index (χ2n) is 8.32. The molecule has 1 heterocycles. The molecule has 1 saturated heterocycles. The van der Waals surface area contributed by atoms with E-state index in [1.165, 1.54) is 25.7 Å². The lowest BCUT2D eigenvalue weighted by molar-refractivity contribution is -0.128. The second kappa shape index (κ2) is 10.4. The van der Waals surface area contributed by atoms with E-state index in [0.29, 0.717) is 17.8 Å². The Bertz CT molecular complexity index is 709. The molecule has 6 heteroatoms. The molecule has 2 fully saturated rings. The molecule has 1 aliphatic heterocycles. The van der Waals surface area contributed by atoms with Gasteiger partial charge < -0.3 is 15.5 Å². The fourth-order valence-electron chi connectivity index (χ4n) is 4.15. The normalized spacial score (nSPS) is 20.4. The van der Waals surface area contributed by atoms with Crippen molar-refractivity contribution in [2.45, 2.75) is 70.8 Å². The molecule has 1 unspecified atom stereocenters. The van der Waals surface area contributed by atoms with Gasteiger partial charge in [0.25, 0.3) is 5.91 Å². The van der Waals surface area contributed by atoms with Gasteiger partial charge in [-0.2, -0.15) is 0 Å². The molecular weight excluding hydrogens is 366 g/mol. The standard InChI is InChI=1S/C23H33N3O3/c1-2-3-14-26-16-18(15-21(26)27)23(29)25-20-12-10-17(11-13-20)22(28)24-19-8-6-4-5-7-9-19/h10-13,18-19H,2-9,14-16H2,1H3,(H,24,28)(H,25,29). The molecule has 0 bridgehead atoms. The number of anilines is 1. The van der Waals surface area contributed by atoms with Crippen molar-refractivity contribution in [2.75, 3.05) is 18.4 Å². The Hall–Kier alpha value is -2.37. The van der Waals surface area contributed by atoms with Crippen molar-refractivity contribution in [1.29, 1.82) is 0 Å². The molecule has 3 amide bonds. The van der Waals surface area contributed by atoms with Crippen molar-refractivity contribution < 1.29 is 14.4 Å². The average molecular weight is 400 g/mol. The third kappa shape index (κ3) is 6.05. The zero-order chi connectivity index (χ0) is 20.6. The summed E-state index contributed by atoms with van der Waals surface area (Å²) in [5.41, 5.74) is 1.26. The monoisotopic (exact) mass is 399 g/mol. The lowest BCUT2D eigenvalue weighted by Crippen LogP contribution is -2.34. The first kappa shape index (κ1) is 21.3. The van der Waals surface area contributed by atoms with E-state index in [1.54, 1.807) is 29.2 Å². The number of carbonyl (C=O) groups excluding carboxylic acids is 3. The van der Waals surface area contributed by atoms with E-state index in [9.17, 15) is 14.4 Å². The molecule has 158 valence electrons. The second-order valence-corrected chi connectivity index (χ2v) is 8.32. The lowest BCUT2D eigenvalue weighted by Gasteiger charge is -2.17. The minimum absolute atomic E-state index is 0.0530. The van der Waals surface area contributed by atoms with Crippen LogP contribution in [0.5, 0.6) is 0 Å². The summed E-state index contributed by atoms with van der Waals surface area (Å²) in [4.78, 5) is 38.8. The summed E-state index contributed by atoms with van der Waals surface area (Å²) in [6.07, 6.45) is 9.23. The molecule has 3 rings (SSSR count). The summed E-state index contributed by atoms with van der Waals surface area (Å²) >= 11 is 0. The van der Waals surface area contributed by atoms with E-state index in [1.807, 2.05) is 0 Å². The maximum absolute atomic E-state index is 12.5. The summed E-state index contributed by atoms with van der Waals surface area (Å²) in [5, 5.41) is 6.02. The minimum atomic E-state index is -0.308. The molecule has 29 heavy (non-hydrogen) atoms. The fourth-order valence-corrected chi connectivity index (χ4v) is 4.15. The molecule has 0 aromatic heterocycles. The molecule has 1 aliphatic carbocycles. The topological polar surface area (TPSA) is 78.5 Å². The molecule has 6 nitrogen and oxygen atoms in total. The van der Waals surface area contributed by atoms with E-state index < -0.39 is 0 Å². The van der Waals surface area contributed by atoms with Gasteiger partial charge in [0.05, 0.1) is 5.92 Å². The molecule has 1 aromatic rings. The van der Waals surface area contributed by atoms with Crippen molar-refractivity contribution in [3.05, 3.63) is 29.8 Å². The van der Waals surface area contributed by atoms with Crippen LogP contribution in [-0.2, 0) is 9.59 Å². The Morgan fingerprint density at radius 2 is 1.76 bits per heavy atom. The Kier molecular flexibility index (Phi) is 7.67. The SMILES string of the molecule is CCCCN1CC(C(=O)Nc2ccc(C(=O)NC3CCCCCC3)cc2)CC1=O. The predicted molar refractivity (Wildman–Crippen MR) is 114 cm³/mol. The number of hydrogen-bond acceptors (Lipinski definition) is 3. The summed E-state index contributed by atoms with van der Waals surface area (Å²) in [6.45, 7) is 3.31. The van der Waals surface area contributed by atoms with Crippen molar-refractivity contribution in [3.8, 4) is 0 Å². The molecule has 1 atom stereocenters. The van der Waals surface area contributed by atoms with E-state index in [0.717, 1.165) is 32.2 Å². The van der Waals surface area contributed by atoms with Crippen LogP contribution in [0.25, 0.3) is 0 Å². The van der Waals surface area contributed by atoms with Gasteiger partial charge in [-0.3, -0.25) is 14.4 Å². The first-order valence-electron chi connectivity index (χ1n) is 11.1. The van der Waals surface area contributed by atoms with Crippen LogP contribution in [0.1, 0.15) is 75.1 Å². The van der Waals surface area contributed by atoms with Gasteiger partial charge >= 0.3 is 0 Å². The Morgan fingerprint density at radius 1 is 1.07 bits per heavy atom. The summed E-state index contributed by atoms with van der Waals surface area (Å²) in [7, 11) is 0. The number of unbranched alkanes of at least 4 members (excludes halogenated alkanes) is 1. The van der Waals surface area contributed by atoms with Gasteiger partial charge in [-0.1, -0.05) is 39.0 Å². The largest absolute Gasteiger partial charge is 0.349 e. The van der Waals surface area contributed by atoms with Gasteiger partial charge in [0.2, 0.25) is 11.8 Å². The van der Waals surface area contributed by atoms with Gasteiger partial charge in [-0.25, -0.2) is 0 Å². The molecule has 0 radical (unpaired) electrons. The number of carbonyl (C=O) groups is 3. The average Bonchev–Trinajstić information content (AvgIpc) is 2.91. The van der Waals surface area contributed by atoms with Crippen molar-refractivity contribution in [2.24, 2.45) is 5.92 Å². The van der Waals surface area contributed by atoms with Crippen LogP contribution >= 0.6 is 0 Å². The highest BCUT2D eigenvalue weighted by Gasteiger charge is 2.33. The van der Waals surface area contributed by atoms with E-state index in [-0.39, 0.29) is 36.1 Å². The highest BCUT2D eigenvalue weighted by molar-refractivity contribution is 5.98. The number of nitrogens with one attached hydrogen (secondary N) is 2. The maximum atomic E-state index is 12.5. The van der Waals surface area contributed by atoms with Crippen LogP contribution in [0.3, 0.4) is 0 Å². The lowest BCUT2D eigenvalue weighted by atomic mass is 10.1. The van der Waals surface area contributed by atoms with Crippen molar-refractivity contribution in [1.82, 2.24) is 10.2 Å². The molecular formula is C23H33N3O3. The quantitative estimate of drug-likeness (QED) is 0.686. The molecule has 1 aromatic carbocycles. The van der Waals surface area contributed by atoms with Crippen LogP contribution in [0, 0.1) is 5.92 Å². The number of hydrogen-bond donors (Lipinski definition) is 2. The predicted octanol–water partition coefficient (Wildman–Crippen LogP) is 3.73. The maximum Gasteiger partial charge on any atom is 0.251 e. The fraction of sp³-hybridized carbons (Fsp3) is 0.609. The first-order chi connectivity index (χ1) is 14.1. The molecule has 1 saturated carbocycles. The first-order valence-corrected chi connectivity index (χ1v) is 11.1. The van der Waals surface area contributed by atoms with Gasteiger partial charge in [0.15, 0.2) is 0 Å². The Labute approximate surface area is 173 Å². The number of nitrogens with zero attached hydrogens (tertiary/aromatic N) is 1. The zero-order valence-electron chi connectivity index (χ0n) is 17.4. The number of amides is 3. The van der Waals surface area contributed by atoms with E-state index in [4.69, 9.17) is 0 Å². The van der Waals surface area contributed by atoms with Crippen molar-refractivity contribution in [3.63, 3.8) is 0 Å². The molecule has 2 N–H and O–H groups in total. The smallest absolute Gasteiger partial charge is 0.251 e. The van der Waals surface area contributed by atoms with Crippen LogP contribution in [0.4, 0.5) is 5.69 Å². The van der Waals surface area contributed by atoms with Gasteiger partial charge in [-0.05, 0) is 43.5 Å². The molecule has 2 aliphatic rings. The van der Waals surface area contributed by atoms with E-state index >= 15 is 0 Å². The Morgan fingerprint density at radius 3 is 2.41 bits per heavy atom. The summed E-state index contributed by atoms with van der Waals surface area (Å²) in [5.74, 6) is -0.433. The van der Waals surface area contributed by atoms with Crippen molar-refractivity contribution >= 4 is 23.4 Å². The van der Waals surface area contributed by atoms with E-state index in [2.05, 4.69) is 17.6 Å². The van der Waals surface area contributed by atoms with Gasteiger partial charge in [0.1, 0.15) is 0 Å². The number of likely N-dealkylation sites (tertiary alicyclic amines) is 1. The third-order valence-corrected chi connectivity index (χ3v) is 5.97. The Balaban J connectivity index is 1.50. The number of benzene rings is 1. The third-order valence-electron chi connectivity index (χ3n) is 5.97. The highest BCUT2D eigenvalue weighted by atomic mass is 16.2. The van der Waals surface area contributed by atoms with Gasteiger partial charge in [0, 0.05) is 36.8 Å². The number of rotatable bonds is 7. The summed E-state index contributed by atoms with van der Waals surface area (Å²) < 4.78 is 0. The summed E-state index contributed by atoms with van der Waals surface area (Å²) in [6, 6.07) is 7.26. The van der Waals surface area contributed by atoms with Gasteiger partial charge in [-0.15, -0.1) is 0 Å². The highest BCUT2D eigenvalue weighted by Crippen LogP contribution is 2.21.